The molecule has 1 amide bonds. The van der Waals surface area contributed by atoms with E-state index in [2.05, 4.69) is 21.2 Å². The van der Waals surface area contributed by atoms with Gasteiger partial charge in [0.2, 0.25) is 5.91 Å². The Hall–Kier alpha value is -1.56. The molecule has 0 aliphatic carbocycles. The number of esters is 1. The van der Waals surface area contributed by atoms with Crippen LogP contribution in [0.4, 0.5) is 0 Å². The molecule has 1 rings (SSSR count). The maximum atomic E-state index is 11.9. The van der Waals surface area contributed by atoms with Gasteiger partial charge in [-0.2, -0.15) is 0 Å². The third kappa shape index (κ3) is 6.93. The highest BCUT2D eigenvalue weighted by Crippen LogP contribution is 2.17. The molecular weight excluding hydrogens is 350 g/mol. The minimum atomic E-state index is -0.608. The molecule has 22 heavy (non-hydrogen) atoms. The molecule has 1 atom stereocenters. The first-order chi connectivity index (χ1) is 10.4. The van der Waals surface area contributed by atoms with Gasteiger partial charge < -0.3 is 14.8 Å². The van der Waals surface area contributed by atoms with E-state index in [1.54, 1.807) is 0 Å². The molecular formula is C16H22BrNO4. The van der Waals surface area contributed by atoms with Crippen LogP contribution in [0.15, 0.2) is 28.7 Å². The van der Waals surface area contributed by atoms with E-state index < -0.39 is 12.0 Å². The molecule has 1 unspecified atom stereocenters. The van der Waals surface area contributed by atoms with Crippen molar-refractivity contribution in [3.8, 4) is 5.75 Å². The standard InChI is InChI=1S/C16H22BrNO4/c1-11(2)9-14(16(20)21-3)18-15(19)7-8-22-13-6-4-5-12(17)10-13/h4-6,10-11,14H,7-9H2,1-3H3,(H,18,19). The second kappa shape index (κ2) is 9.46. The van der Waals surface area contributed by atoms with Crippen molar-refractivity contribution in [2.24, 2.45) is 5.92 Å². The van der Waals surface area contributed by atoms with Crippen LogP contribution < -0.4 is 10.1 Å². The highest BCUT2D eigenvalue weighted by Gasteiger charge is 2.22. The van der Waals surface area contributed by atoms with Crippen molar-refractivity contribution >= 4 is 27.8 Å². The lowest BCUT2D eigenvalue weighted by Gasteiger charge is -2.18. The first-order valence-corrected chi connectivity index (χ1v) is 7.97. The second-order valence-electron chi connectivity index (χ2n) is 5.33. The van der Waals surface area contributed by atoms with Crippen molar-refractivity contribution in [1.82, 2.24) is 5.32 Å². The highest BCUT2D eigenvalue weighted by molar-refractivity contribution is 9.10. The van der Waals surface area contributed by atoms with Gasteiger partial charge in [0.05, 0.1) is 20.1 Å². The Labute approximate surface area is 139 Å². The summed E-state index contributed by atoms with van der Waals surface area (Å²) in [6.07, 6.45) is 0.725. The molecule has 1 aromatic rings. The van der Waals surface area contributed by atoms with Crippen LogP contribution in [0.5, 0.6) is 5.75 Å². The minimum Gasteiger partial charge on any atom is -0.493 e. The van der Waals surface area contributed by atoms with E-state index in [0.29, 0.717) is 12.2 Å². The molecule has 1 aromatic carbocycles. The number of rotatable bonds is 8. The van der Waals surface area contributed by atoms with Crippen LogP contribution in [-0.2, 0) is 14.3 Å². The Balaban J connectivity index is 2.41. The summed E-state index contributed by atoms with van der Waals surface area (Å²) in [5.41, 5.74) is 0. The number of nitrogens with one attached hydrogen (secondary N) is 1. The van der Waals surface area contributed by atoms with E-state index >= 15 is 0 Å². The van der Waals surface area contributed by atoms with Gasteiger partial charge in [0, 0.05) is 4.47 Å². The number of halogens is 1. The van der Waals surface area contributed by atoms with Gasteiger partial charge >= 0.3 is 5.97 Å². The normalized spacial score (nSPS) is 11.9. The van der Waals surface area contributed by atoms with Crippen molar-refractivity contribution in [3.05, 3.63) is 28.7 Å². The van der Waals surface area contributed by atoms with Gasteiger partial charge in [-0.1, -0.05) is 35.8 Å². The Morgan fingerprint density at radius 1 is 1.32 bits per heavy atom. The molecule has 0 aromatic heterocycles. The molecule has 0 heterocycles. The largest absolute Gasteiger partial charge is 0.493 e. The smallest absolute Gasteiger partial charge is 0.328 e. The molecule has 6 heteroatoms. The molecule has 5 nitrogen and oxygen atoms in total. The molecule has 0 saturated heterocycles. The van der Waals surface area contributed by atoms with Crippen LogP contribution in [0, 0.1) is 5.92 Å². The Kier molecular flexibility index (Phi) is 7.95. The summed E-state index contributed by atoms with van der Waals surface area (Å²) in [4.78, 5) is 23.5. The van der Waals surface area contributed by atoms with Crippen molar-refractivity contribution in [3.63, 3.8) is 0 Å². The summed E-state index contributed by atoms with van der Waals surface area (Å²) in [6, 6.07) is 6.79. The molecule has 0 bridgehead atoms. The third-order valence-electron chi connectivity index (χ3n) is 2.92. The van der Waals surface area contributed by atoms with Gasteiger partial charge in [0.1, 0.15) is 11.8 Å². The lowest BCUT2D eigenvalue weighted by Crippen LogP contribution is -2.42. The number of hydrogen-bond donors (Lipinski definition) is 1. The minimum absolute atomic E-state index is 0.179. The Bertz CT molecular complexity index is 505. The Morgan fingerprint density at radius 3 is 2.64 bits per heavy atom. The topological polar surface area (TPSA) is 64.6 Å². The van der Waals surface area contributed by atoms with Gasteiger partial charge in [-0.25, -0.2) is 4.79 Å². The average molecular weight is 372 g/mol. The molecule has 0 aliphatic heterocycles. The summed E-state index contributed by atoms with van der Waals surface area (Å²) in [6.45, 7) is 4.22. The molecule has 122 valence electrons. The zero-order valence-corrected chi connectivity index (χ0v) is 14.7. The van der Waals surface area contributed by atoms with Crippen LogP contribution in [0.1, 0.15) is 26.7 Å². The number of ether oxygens (including phenoxy) is 2. The van der Waals surface area contributed by atoms with Crippen LogP contribution >= 0.6 is 15.9 Å². The molecule has 0 saturated carbocycles. The van der Waals surface area contributed by atoms with Gasteiger partial charge in [-0.15, -0.1) is 0 Å². The van der Waals surface area contributed by atoms with E-state index in [4.69, 9.17) is 9.47 Å². The number of methoxy groups -OCH3 is 1. The zero-order valence-electron chi connectivity index (χ0n) is 13.1. The van der Waals surface area contributed by atoms with Crippen LogP contribution in [-0.4, -0.2) is 31.6 Å². The molecule has 0 aliphatic rings. The van der Waals surface area contributed by atoms with Crippen LogP contribution in [0.25, 0.3) is 0 Å². The fourth-order valence-corrected chi connectivity index (χ4v) is 2.29. The van der Waals surface area contributed by atoms with E-state index in [1.807, 2.05) is 38.1 Å². The summed E-state index contributed by atoms with van der Waals surface area (Å²) < 4.78 is 11.1. The molecule has 0 spiro atoms. The fourth-order valence-electron chi connectivity index (χ4n) is 1.91. The van der Waals surface area contributed by atoms with E-state index in [0.717, 1.165) is 4.47 Å². The lowest BCUT2D eigenvalue weighted by molar-refractivity contribution is -0.145. The van der Waals surface area contributed by atoms with Crippen molar-refractivity contribution in [1.29, 1.82) is 0 Å². The SMILES string of the molecule is COC(=O)C(CC(C)C)NC(=O)CCOc1cccc(Br)c1. The number of hydrogen-bond acceptors (Lipinski definition) is 4. The molecule has 0 fully saturated rings. The summed E-state index contributed by atoms with van der Waals surface area (Å²) in [7, 11) is 1.32. The number of amides is 1. The number of carbonyl (C=O) groups excluding carboxylic acids is 2. The maximum absolute atomic E-state index is 11.9. The van der Waals surface area contributed by atoms with Gasteiger partial charge in [0.15, 0.2) is 0 Å². The van der Waals surface area contributed by atoms with Gasteiger partial charge in [0.25, 0.3) is 0 Å². The summed E-state index contributed by atoms with van der Waals surface area (Å²) in [5, 5.41) is 2.69. The Morgan fingerprint density at radius 2 is 2.05 bits per heavy atom. The highest BCUT2D eigenvalue weighted by atomic mass is 79.9. The molecule has 0 radical (unpaired) electrons. The van der Waals surface area contributed by atoms with Crippen molar-refractivity contribution in [2.45, 2.75) is 32.7 Å². The third-order valence-corrected chi connectivity index (χ3v) is 3.42. The summed E-state index contributed by atoms with van der Waals surface area (Å²) in [5.74, 6) is 0.317. The maximum Gasteiger partial charge on any atom is 0.328 e. The van der Waals surface area contributed by atoms with Crippen LogP contribution in [0.3, 0.4) is 0 Å². The monoisotopic (exact) mass is 371 g/mol. The van der Waals surface area contributed by atoms with Crippen LogP contribution in [0.2, 0.25) is 0 Å². The predicted molar refractivity (Wildman–Crippen MR) is 87.7 cm³/mol. The van der Waals surface area contributed by atoms with E-state index in [-0.39, 0.29) is 24.9 Å². The average Bonchev–Trinajstić information content (AvgIpc) is 2.45. The zero-order chi connectivity index (χ0) is 16.5. The van der Waals surface area contributed by atoms with Gasteiger partial charge in [-0.05, 0) is 30.5 Å². The number of benzene rings is 1. The van der Waals surface area contributed by atoms with Gasteiger partial charge in [-0.3, -0.25) is 4.79 Å². The van der Waals surface area contributed by atoms with Crippen molar-refractivity contribution in [2.75, 3.05) is 13.7 Å². The first-order valence-electron chi connectivity index (χ1n) is 7.18. The van der Waals surface area contributed by atoms with Crippen molar-refractivity contribution < 1.29 is 19.1 Å². The number of carbonyl (C=O) groups is 2. The van der Waals surface area contributed by atoms with E-state index in [9.17, 15) is 9.59 Å². The lowest BCUT2D eigenvalue weighted by atomic mass is 10.0. The summed E-state index contributed by atoms with van der Waals surface area (Å²) >= 11 is 3.35. The first kappa shape index (κ1) is 18.5. The second-order valence-corrected chi connectivity index (χ2v) is 6.24. The predicted octanol–water partition coefficient (Wildman–Crippen LogP) is 2.92. The van der Waals surface area contributed by atoms with E-state index in [1.165, 1.54) is 7.11 Å². The quantitative estimate of drug-likeness (QED) is 0.713. The fraction of sp³-hybridized carbons (Fsp3) is 0.500. The molecule has 1 N–H and O–H groups in total.